The lowest BCUT2D eigenvalue weighted by Crippen LogP contribution is -2.32. The highest BCUT2D eigenvalue weighted by atomic mass is 32.2. The van der Waals surface area contributed by atoms with Gasteiger partial charge in [-0.05, 0) is 13.3 Å². The summed E-state index contributed by atoms with van der Waals surface area (Å²) in [7, 11) is -0.930. The molecule has 0 aliphatic carbocycles. The molecule has 0 radical (unpaired) electrons. The molecule has 16 heavy (non-hydrogen) atoms. The SMILES string of the molecule is CC(NC1CCS(=O)(=O)C1)c1cnn(C)c1. The van der Waals surface area contributed by atoms with E-state index in [2.05, 4.69) is 10.4 Å². The van der Waals surface area contributed by atoms with Crippen molar-refractivity contribution in [3.63, 3.8) is 0 Å². The monoisotopic (exact) mass is 243 g/mol. The second-order valence-electron chi connectivity index (χ2n) is 4.44. The second-order valence-corrected chi connectivity index (χ2v) is 6.66. The first-order valence-electron chi connectivity index (χ1n) is 5.41. The third-order valence-electron chi connectivity index (χ3n) is 2.94. The summed E-state index contributed by atoms with van der Waals surface area (Å²) < 4.78 is 24.4. The normalized spacial score (nSPS) is 25.8. The van der Waals surface area contributed by atoms with Crippen LogP contribution in [0, 0.1) is 0 Å². The van der Waals surface area contributed by atoms with E-state index in [1.54, 1.807) is 10.9 Å². The van der Waals surface area contributed by atoms with E-state index in [1.165, 1.54) is 0 Å². The first kappa shape index (κ1) is 11.6. The minimum atomic E-state index is -2.80. The van der Waals surface area contributed by atoms with Crippen LogP contribution in [0.25, 0.3) is 0 Å². The van der Waals surface area contributed by atoms with Crippen molar-refractivity contribution in [2.75, 3.05) is 11.5 Å². The standard InChI is InChI=1S/C10H17N3O2S/c1-8(9-5-11-13(2)6-9)12-10-3-4-16(14,15)7-10/h5-6,8,10,12H,3-4,7H2,1-2H3. The molecule has 1 aromatic rings. The van der Waals surface area contributed by atoms with E-state index in [-0.39, 0.29) is 17.8 Å². The van der Waals surface area contributed by atoms with Crippen LogP contribution in [0.5, 0.6) is 0 Å². The molecule has 6 heteroatoms. The number of nitrogens with zero attached hydrogens (tertiary/aromatic N) is 2. The number of hydrogen-bond donors (Lipinski definition) is 1. The molecule has 5 nitrogen and oxygen atoms in total. The zero-order valence-electron chi connectivity index (χ0n) is 9.55. The molecule has 2 rings (SSSR count). The van der Waals surface area contributed by atoms with Gasteiger partial charge in [0.15, 0.2) is 9.84 Å². The van der Waals surface area contributed by atoms with Crippen molar-refractivity contribution in [1.29, 1.82) is 0 Å². The predicted molar refractivity (Wildman–Crippen MR) is 61.8 cm³/mol. The molecule has 2 atom stereocenters. The predicted octanol–water partition coefficient (Wildman–Crippen LogP) is 0.258. The Morgan fingerprint density at radius 1 is 1.62 bits per heavy atom. The number of hydrogen-bond acceptors (Lipinski definition) is 4. The lowest BCUT2D eigenvalue weighted by atomic mass is 10.1. The lowest BCUT2D eigenvalue weighted by Gasteiger charge is -2.16. The quantitative estimate of drug-likeness (QED) is 0.827. The maximum atomic E-state index is 11.3. The van der Waals surface area contributed by atoms with Crippen molar-refractivity contribution < 1.29 is 8.42 Å². The third-order valence-corrected chi connectivity index (χ3v) is 4.71. The Bertz CT molecular complexity index is 466. The Morgan fingerprint density at radius 2 is 2.38 bits per heavy atom. The highest BCUT2D eigenvalue weighted by Crippen LogP contribution is 2.17. The molecule has 90 valence electrons. The van der Waals surface area contributed by atoms with Crippen molar-refractivity contribution in [2.24, 2.45) is 7.05 Å². The van der Waals surface area contributed by atoms with Gasteiger partial charge in [-0.1, -0.05) is 0 Å². The van der Waals surface area contributed by atoms with Gasteiger partial charge in [0.2, 0.25) is 0 Å². The molecule has 0 aromatic carbocycles. The highest BCUT2D eigenvalue weighted by Gasteiger charge is 2.28. The maximum absolute atomic E-state index is 11.3. The average Bonchev–Trinajstić information content (AvgIpc) is 2.73. The van der Waals surface area contributed by atoms with Crippen LogP contribution < -0.4 is 5.32 Å². The van der Waals surface area contributed by atoms with Crippen LogP contribution in [0.4, 0.5) is 0 Å². The molecule has 1 aliphatic rings. The van der Waals surface area contributed by atoms with Gasteiger partial charge in [-0.15, -0.1) is 0 Å². The van der Waals surface area contributed by atoms with Crippen LogP contribution in [0.15, 0.2) is 12.4 Å². The smallest absolute Gasteiger partial charge is 0.151 e. The zero-order valence-corrected chi connectivity index (χ0v) is 10.4. The fourth-order valence-corrected chi connectivity index (χ4v) is 3.73. The molecule has 1 fully saturated rings. The van der Waals surface area contributed by atoms with Crippen molar-refractivity contribution in [1.82, 2.24) is 15.1 Å². The Morgan fingerprint density at radius 3 is 2.88 bits per heavy atom. The molecule has 0 spiro atoms. The van der Waals surface area contributed by atoms with Gasteiger partial charge in [-0.3, -0.25) is 4.68 Å². The Hall–Kier alpha value is -0.880. The van der Waals surface area contributed by atoms with Gasteiger partial charge < -0.3 is 5.32 Å². The lowest BCUT2D eigenvalue weighted by molar-refractivity contribution is 0.484. The summed E-state index contributed by atoms with van der Waals surface area (Å²) in [6.07, 6.45) is 4.47. The number of nitrogens with one attached hydrogen (secondary N) is 1. The van der Waals surface area contributed by atoms with Gasteiger partial charge >= 0.3 is 0 Å². The molecule has 0 bridgehead atoms. The van der Waals surface area contributed by atoms with E-state index >= 15 is 0 Å². The van der Waals surface area contributed by atoms with Crippen molar-refractivity contribution in [2.45, 2.75) is 25.4 Å². The van der Waals surface area contributed by atoms with E-state index < -0.39 is 9.84 Å². The van der Waals surface area contributed by atoms with Crippen LogP contribution >= 0.6 is 0 Å². The van der Waals surface area contributed by atoms with Gasteiger partial charge in [0.1, 0.15) is 0 Å². The average molecular weight is 243 g/mol. The van der Waals surface area contributed by atoms with Crippen molar-refractivity contribution >= 4 is 9.84 Å². The van der Waals surface area contributed by atoms with Crippen LogP contribution in [-0.2, 0) is 16.9 Å². The Balaban J connectivity index is 1.96. The Kier molecular flexibility index (Phi) is 3.03. The minimum Gasteiger partial charge on any atom is -0.306 e. The van der Waals surface area contributed by atoms with E-state index in [0.717, 1.165) is 5.56 Å². The van der Waals surface area contributed by atoms with Gasteiger partial charge in [-0.2, -0.15) is 5.10 Å². The van der Waals surface area contributed by atoms with Gasteiger partial charge in [0.05, 0.1) is 17.7 Å². The van der Waals surface area contributed by atoms with E-state index in [4.69, 9.17) is 0 Å². The third kappa shape index (κ3) is 2.62. The fraction of sp³-hybridized carbons (Fsp3) is 0.700. The van der Waals surface area contributed by atoms with Crippen LogP contribution in [0.2, 0.25) is 0 Å². The Labute approximate surface area is 95.8 Å². The first-order chi connectivity index (χ1) is 7.46. The van der Waals surface area contributed by atoms with Gasteiger partial charge in [0.25, 0.3) is 0 Å². The summed E-state index contributed by atoms with van der Waals surface area (Å²) >= 11 is 0. The minimum absolute atomic E-state index is 0.0835. The van der Waals surface area contributed by atoms with Crippen molar-refractivity contribution in [3.8, 4) is 0 Å². The summed E-state index contributed by atoms with van der Waals surface area (Å²) in [5.41, 5.74) is 1.09. The number of sulfone groups is 1. The molecule has 2 heterocycles. The molecular weight excluding hydrogens is 226 g/mol. The van der Waals surface area contributed by atoms with Gasteiger partial charge in [0, 0.05) is 30.9 Å². The summed E-state index contributed by atoms with van der Waals surface area (Å²) in [4.78, 5) is 0. The van der Waals surface area contributed by atoms with Crippen LogP contribution in [-0.4, -0.2) is 35.7 Å². The van der Waals surface area contributed by atoms with Crippen molar-refractivity contribution in [3.05, 3.63) is 18.0 Å². The van der Waals surface area contributed by atoms with Gasteiger partial charge in [-0.25, -0.2) is 8.42 Å². The van der Waals surface area contributed by atoms with E-state index in [0.29, 0.717) is 12.2 Å². The number of rotatable bonds is 3. The highest BCUT2D eigenvalue weighted by molar-refractivity contribution is 7.91. The molecule has 0 saturated carbocycles. The first-order valence-corrected chi connectivity index (χ1v) is 7.23. The maximum Gasteiger partial charge on any atom is 0.151 e. The molecule has 1 aliphatic heterocycles. The molecule has 1 N–H and O–H groups in total. The summed E-state index contributed by atoms with van der Waals surface area (Å²) in [5.74, 6) is 0.571. The summed E-state index contributed by atoms with van der Waals surface area (Å²) in [6.45, 7) is 2.03. The summed E-state index contributed by atoms with van der Waals surface area (Å²) in [6, 6.07) is 0.229. The van der Waals surface area contributed by atoms with Crippen LogP contribution in [0.1, 0.15) is 24.9 Å². The summed E-state index contributed by atoms with van der Waals surface area (Å²) in [5, 5.41) is 7.43. The second kappa shape index (κ2) is 4.18. The molecule has 1 saturated heterocycles. The molecular formula is C10H17N3O2S. The molecule has 1 aromatic heterocycles. The number of aryl methyl sites for hydroxylation is 1. The van der Waals surface area contributed by atoms with E-state index in [1.807, 2.05) is 20.2 Å². The largest absolute Gasteiger partial charge is 0.306 e. The fourth-order valence-electron chi connectivity index (χ4n) is 2.04. The molecule has 0 amide bonds. The van der Waals surface area contributed by atoms with E-state index in [9.17, 15) is 8.42 Å². The zero-order chi connectivity index (χ0) is 11.8. The number of aromatic nitrogens is 2. The van der Waals surface area contributed by atoms with Crippen LogP contribution in [0.3, 0.4) is 0 Å². The topological polar surface area (TPSA) is 64.0 Å². The molecule has 2 unspecified atom stereocenters.